The predicted molar refractivity (Wildman–Crippen MR) is 127 cm³/mol. The van der Waals surface area contributed by atoms with Gasteiger partial charge >= 0.3 is 6.03 Å². The number of nitrogens with two attached hydrogens (primary N) is 1. The normalized spacial score (nSPS) is 25.8. The third-order valence-corrected chi connectivity index (χ3v) is 7.52. The summed E-state index contributed by atoms with van der Waals surface area (Å²) in [6.45, 7) is 11.1. The van der Waals surface area contributed by atoms with Gasteiger partial charge < -0.3 is 20.6 Å². The molecule has 6 nitrogen and oxygen atoms in total. The molecule has 1 aromatic carbocycles. The lowest BCUT2D eigenvalue weighted by Crippen LogP contribution is -2.55. The van der Waals surface area contributed by atoms with Crippen molar-refractivity contribution in [2.75, 3.05) is 13.6 Å². The first-order valence-electron chi connectivity index (χ1n) is 11.7. The fourth-order valence-corrected chi connectivity index (χ4v) is 5.54. The number of nitrogens with zero attached hydrogens (tertiary/aromatic N) is 2. The summed E-state index contributed by atoms with van der Waals surface area (Å²) < 4.78 is 0. The highest BCUT2D eigenvalue weighted by Crippen LogP contribution is 2.48. The maximum Gasteiger partial charge on any atom is 0.324 e. The van der Waals surface area contributed by atoms with Crippen molar-refractivity contribution in [2.45, 2.75) is 78.2 Å². The van der Waals surface area contributed by atoms with Gasteiger partial charge in [0.05, 0.1) is 5.54 Å². The molecule has 1 aliphatic carbocycles. The summed E-state index contributed by atoms with van der Waals surface area (Å²) in [4.78, 5) is 27.7. The van der Waals surface area contributed by atoms with Crippen LogP contribution in [0.15, 0.2) is 30.0 Å². The number of phenolic OH excluding ortho intramolecular Hbond substituents is 1. The zero-order valence-corrected chi connectivity index (χ0v) is 20.4. The Morgan fingerprint density at radius 1 is 1.28 bits per heavy atom. The Bertz CT molecular complexity index is 921. The van der Waals surface area contributed by atoms with Gasteiger partial charge in [-0.3, -0.25) is 4.79 Å². The maximum atomic E-state index is 13.2. The van der Waals surface area contributed by atoms with Crippen LogP contribution < -0.4 is 5.73 Å². The molecule has 1 heterocycles. The summed E-state index contributed by atoms with van der Waals surface area (Å²) in [7, 11) is 1.78. The van der Waals surface area contributed by atoms with Gasteiger partial charge in [-0.15, -0.1) is 0 Å². The Kier molecular flexibility index (Phi) is 6.64. The van der Waals surface area contributed by atoms with E-state index in [0.29, 0.717) is 11.7 Å². The summed E-state index contributed by atoms with van der Waals surface area (Å²) in [5, 5.41) is 11.0. The minimum atomic E-state index is -0.698. The van der Waals surface area contributed by atoms with Crippen LogP contribution in [0.5, 0.6) is 5.75 Å². The molecule has 1 fully saturated rings. The highest BCUT2D eigenvalue weighted by molar-refractivity contribution is 5.80. The Morgan fingerprint density at radius 3 is 2.53 bits per heavy atom. The summed E-state index contributed by atoms with van der Waals surface area (Å²) in [5.41, 5.74) is 7.84. The number of aromatic hydroxyl groups is 1. The van der Waals surface area contributed by atoms with Gasteiger partial charge in [-0.25, -0.2) is 4.79 Å². The Balaban J connectivity index is 1.99. The first-order valence-corrected chi connectivity index (χ1v) is 11.7. The molecule has 0 saturated heterocycles. The second-order valence-electron chi connectivity index (χ2n) is 10.8. The highest BCUT2D eigenvalue weighted by Gasteiger charge is 2.44. The molecule has 1 aromatic rings. The van der Waals surface area contributed by atoms with Crippen molar-refractivity contribution in [1.82, 2.24) is 9.80 Å². The van der Waals surface area contributed by atoms with Crippen LogP contribution in [0.25, 0.3) is 0 Å². The number of rotatable bonds is 6. The van der Waals surface area contributed by atoms with Crippen LogP contribution in [0.4, 0.5) is 4.79 Å². The number of likely N-dealkylation sites (N-methyl/N-ethyl adjacent to an activating group) is 1. The fraction of sp³-hybridized carbons (Fsp3) is 0.615. The van der Waals surface area contributed by atoms with E-state index in [-0.39, 0.29) is 30.3 Å². The van der Waals surface area contributed by atoms with Crippen molar-refractivity contribution in [1.29, 1.82) is 0 Å². The lowest BCUT2D eigenvalue weighted by atomic mass is 9.69. The average molecular weight is 442 g/mol. The first kappa shape index (κ1) is 24.1. The molecule has 176 valence electrons. The lowest BCUT2D eigenvalue weighted by Gasteiger charge is -2.48. The Hall–Kier alpha value is -2.50. The molecular weight excluding hydrogens is 402 g/mol. The monoisotopic (exact) mass is 441 g/mol. The van der Waals surface area contributed by atoms with Crippen molar-refractivity contribution in [2.24, 2.45) is 17.1 Å². The number of hydrogen-bond acceptors (Lipinski definition) is 3. The molecule has 0 bridgehead atoms. The van der Waals surface area contributed by atoms with Crippen molar-refractivity contribution in [3.05, 3.63) is 41.1 Å². The number of urea groups is 1. The van der Waals surface area contributed by atoms with Gasteiger partial charge in [0.15, 0.2) is 0 Å². The third kappa shape index (κ3) is 4.50. The lowest BCUT2D eigenvalue weighted by molar-refractivity contribution is -0.118. The number of benzene rings is 1. The van der Waals surface area contributed by atoms with Crippen LogP contribution in [-0.4, -0.2) is 40.4 Å². The number of carbonyl (C=O) groups is 2. The molecule has 1 saturated carbocycles. The number of carbonyl (C=O) groups excluding carboxylic acids is 2. The van der Waals surface area contributed by atoms with Crippen LogP contribution in [0.2, 0.25) is 0 Å². The van der Waals surface area contributed by atoms with E-state index in [4.69, 9.17) is 5.73 Å². The van der Waals surface area contributed by atoms with Crippen molar-refractivity contribution in [3.8, 4) is 5.75 Å². The topological polar surface area (TPSA) is 86.9 Å². The molecule has 3 amide bonds. The quantitative estimate of drug-likeness (QED) is 0.646. The number of phenols is 1. The minimum absolute atomic E-state index is 0.116. The SMILES string of the molecule is CC(C)C1=CN(CCC(N)=O)C(=O)N(C)C1(C)c1ccc(C2CCCC(C)(C)C2)c(O)c1. The molecule has 3 rings (SSSR count). The number of amides is 3. The molecule has 2 atom stereocenters. The largest absolute Gasteiger partial charge is 0.508 e. The van der Waals surface area contributed by atoms with E-state index in [0.717, 1.165) is 29.5 Å². The molecule has 0 spiro atoms. The van der Waals surface area contributed by atoms with E-state index < -0.39 is 11.4 Å². The van der Waals surface area contributed by atoms with Crippen LogP contribution in [0, 0.1) is 11.3 Å². The zero-order chi connectivity index (χ0) is 23.8. The summed E-state index contributed by atoms with van der Waals surface area (Å²) in [5.74, 6) is 0.398. The van der Waals surface area contributed by atoms with Gasteiger partial charge in [-0.05, 0) is 66.2 Å². The van der Waals surface area contributed by atoms with Crippen LogP contribution in [-0.2, 0) is 10.3 Å². The van der Waals surface area contributed by atoms with E-state index in [1.165, 1.54) is 12.8 Å². The summed E-state index contributed by atoms with van der Waals surface area (Å²) in [6, 6.07) is 5.78. The Morgan fingerprint density at radius 2 is 1.97 bits per heavy atom. The molecule has 3 N–H and O–H groups in total. The molecule has 2 unspecified atom stereocenters. The molecular formula is C26H39N3O3. The van der Waals surface area contributed by atoms with Crippen molar-refractivity contribution in [3.63, 3.8) is 0 Å². The molecule has 0 radical (unpaired) electrons. The van der Waals surface area contributed by atoms with Crippen molar-refractivity contribution < 1.29 is 14.7 Å². The third-order valence-electron chi connectivity index (χ3n) is 7.52. The van der Waals surface area contributed by atoms with Gasteiger partial charge in [0.25, 0.3) is 0 Å². The summed E-state index contributed by atoms with van der Waals surface area (Å²) in [6.07, 6.45) is 6.55. The van der Waals surface area contributed by atoms with Crippen LogP contribution in [0.3, 0.4) is 0 Å². The fourth-order valence-electron chi connectivity index (χ4n) is 5.54. The van der Waals surface area contributed by atoms with E-state index in [1.807, 2.05) is 19.2 Å². The zero-order valence-electron chi connectivity index (χ0n) is 20.4. The van der Waals surface area contributed by atoms with E-state index in [2.05, 4.69) is 39.8 Å². The molecule has 6 heteroatoms. The van der Waals surface area contributed by atoms with Crippen molar-refractivity contribution >= 4 is 11.9 Å². The van der Waals surface area contributed by atoms with Gasteiger partial charge in [-0.1, -0.05) is 46.2 Å². The smallest absolute Gasteiger partial charge is 0.324 e. The van der Waals surface area contributed by atoms with Gasteiger partial charge in [0, 0.05) is 26.2 Å². The van der Waals surface area contributed by atoms with E-state index >= 15 is 0 Å². The summed E-state index contributed by atoms with van der Waals surface area (Å²) >= 11 is 0. The van der Waals surface area contributed by atoms with Gasteiger partial charge in [0.1, 0.15) is 5.75 Å². The van der Waals surface area contributed by atoms with Gasteiger partial charge in [-0.2, -0.15) is 0 Å². The second kappa shape index (κ2) is 8.80. The second-order valence-corrected chi connectivity index (χ2v) is 10.8. The minimum Gasteiger partial charge on any atom is -0.508 e. The predicted octanol–water partition coefficient (Wildman–Crippen LogP) is 5.07. The van der Waals surface area contributed by atoms with E-state index in [9.17, 15) is 14.7 Å². The highest BCUT2D eigenvalue weighted by atomic mass is 16.3. The first-order chi connectivity index (χ1) is 14.9. The molecule has 32 heavy (non-hydrogen) atoms. The Labute approximate surface area is 192 Å². The number of primary amides is 1. The average Bonchev–Trinajstić information content (AvgIpc) is 2.70. The molecule has 2 aliphatic rings. The van der Waals surface area contributed by atoms with Crippen LogP contribution in [0.1, 0.15) is 83.8 Å². The number of hydrogen-bond donors (Lipinski definition) is 2. The molecule has 1 aliphatic heterocycles. The van der Waals surface area contributed by atoms with Crippen LogP contribution >= 0.6 is 0 Å². The standard InChI is InChI=1S/C26H39N3O3/c1-17(2)21-16-29(13-11-23(27)31)24(32)28(6)26(21,5)19-9-10-20(22(30)14-19)18-8-7-12-25(3,4)15-18/h9-10,14,16-18,30H,7-8,11-13,15H2,1-6H3,(H2,27,31). The maximum absolute atomic E-state index is 13.2. The molecule has 0 aromatic heterocycles. The van der Waals surface area contributed by atoms with E-state index in [1.54, 1.807) is 16.8 Å². The van der Waals surface area contributed by atoms with Gasteiger partial charge in [0.2, 0.25) is 5.91 Å².